The molecule has 1 spiro atoms. The number of nitrogens with zero attached hydrogens (tertiary/aromatic N) is 2. The Bertz CT molecular complexity index is 632. The average Bonchev–Trinajstić information content (AvgIpc) is 3.11. The summed E-state index contributed by atoms with van der Waals surface area (Å²) in [6.45, 7) is 7.74. The van der Waals surface area contributed by atoms with E-state index in [2.05, 4.69) is 21.9 Å². The van der Waals surface area contributed by atoms with Gasteiger partial charge in [0.2, 0.25) is 0 Å². The highest BCUT2D eigenvalue weighted by Gasteiger charge is 2.43. The van der Waals surface area contributed by atoms with Crippen LogP contribution < -0.4 is 9.47 Å². The molecule has 1 unspecified atom stereocenters. The van der Waals surface area contributed by atoms with Crippen LogP contribution in [0.25, 0.3) is 0 Å². The number of rotatable bonds is 5. The maximum Gasteiger partial charge on any atom is 0.165 e. The molecule has 0 aromatic heterocycles. The second-order valence-electron chi connectivity index (χ2n) is 8.53. The van der Waals surface area contributed by atoms with Crippen molar-refractivity contribution < 1.29 is 14.2 Å². The Labute approximate surface area is 163 Å². The van der Waals surface area contributed by atoms with Gasteiger partial charge in [-0.2, -0.15) is 0 Å². The van der Waals surface area contributed by atoms with Crippen molar-refractivity contribution in [2.45, 2.75) is 44.7 Å². The van der Waals surface area contributed by atoms with E-state index in [4.69, 9.17) is 14.2 Å². The van der Waals surface area contributed by atoms with Crippen LogP contribution in [0, 0.1) is 5.41 Å². The Morgan fingerprint density at radius 1 is 1.07 bits per heavy atom. The monoisotopic (exact) mass is 374 g/mol. The molecule has 0 amide bonds. The van der Waals surface area contributed by atoms with Crippen LogP contribution in [0.2, 0.25) is 0 Å². The van der Waals surface area contributed by atoms with Gasteiger partial charge in [-0.3, -0.25) is 9.80 Å². The first-order valence-electron chi connectivity index (χ1n) is 10.5. The highest BCUT2D eigenvalue weighted by atomic mass is 16.5. The fourth-order valence-electron chi connectivity index (χ4n) is 5.43. The summed E-state index contributed by atoms with van der Waals surface area (Å²) in [6.07, 6.45) is 6.43. The van der Waals surface area contributed by atoms with Crippen molar-refractivity contribution in [2.24, 2.45) is 5.41 Å². The van der Waals surface area contributed by atoms with Gasteiger partial charge in [0.1, 0.15) is 0 Å². The minimum Gasteiger partial charge on any atom is -0.493 e. The Morgan fingerprint density at radius 2 is 1.93 bits per heavy atom. The molecule has 5 nitrogen and oxygen atoms in total. The van der Waals surface area contributed by atoms with Gasteiger partial charge in [0, 0.05) is 44.5 Å². The molecule has 150 valence electrons. The van der Waals surface area contributed by atoms with E-state index in [1.165, 1.54) is 63.8 Å². The van der Waals surface area contributed by atoms with E-state index >= 15 is 0 Å². The zero-order chi connectivity index (χ0) is 18.7. The molecule has 0 N–H and O–H groups in total. The molecule has 27 heavy (non-hydrogen) atoms. The molecule has 1 aromatic carbocycles. The minimum atomic E-state index is 0.475. The van der Waals surface area contributed by atoms with Crippen molar-refractivity contribution in [1.29, 1.82) is 0 Å². The molecule has 0 bridgehead atoms. The number of benzene rings is 1. The first-order chi connectivity index (χ1) is 13.2. The van der Waals surface area contributed by atoms with Gasteiger partial charge in [-0.25, -0.2) is 0 Å². The number of ether oxygens (including phenoxy) is 3. The molecule has 4 rings (SSSR count). The van der Waals surface area contributed by atoms with Crippen LogP contribution in [0.3, 0.4) is 0 Å². The van der Waals surface area contributed by atoms with Crippen LogP contribution in [0.4, 0.5) is 0 Å². The molecule has 3 aliphatic rings. The summed E-state index contributed by atoms with van der Waals surface area (Å²) in [5, 5.41) is 0. The maximum atomic E-state index is 5.65. The Hall–Kier alpha value is -1.30. The van der Waals surface area contributed by atoms with Gasteiger partial charge >= 0.3 is 0 Å². The van der Waals surface area contributed by atoms with Gasteiger partial charge in [0.25, 0.3) is 0 Å². The largest absolute Gasteiger partial charge is 0.493 e. The van der Waals surface area contributed by atoms with Crippen molar-refractivity contribution in [3.63, 3.8) is 0 Å². The molecule has 3 aliphatic heterocycles. The second kappa shape index (κ2) is 8.38. The highest BCUT2D eigenvalue weighted by Crippen LogP contribution is 2.41. The van der Waals surface area contributed by atoms with Crippen molar-refractivity contribution in [3.05, 3.63) is 23.8 Å². The van der Waals surface area contributed by atoms with E-state index in [-0.39, 0.29) is 0 Å². The van der Waals surface area contributed by atoms with E-state index in [1.54, 1.807) is 14.2 Å². The fourth-order valence-corrected chi connectivity index (χ4v) is 5.43. The Morgan fingerprint density at radius 3 is 2.70 bits per heavy atom. The molecule has 3 saturated heterocycles. The third kappa shape index (κ3) is 4.10. The molecule has 0 aliphatic carbocycles. The first kappa shape index (κ1) is 19.0. The van der Waals surface area contributed by atoms with E-state index in [0.29, 0.717) is 5.41 Å². The molecule has 5 heteroatoms. The van der Waals surface area contributed by atoms with Crippen molar-refractivity contribution in [1.82, 2.24) is 9.80 Å². The Kier molecular flexibility index (Phi) is 5.90. The molecular weight excluding hydrogens is 340 g/mol. The smallest absolute Gasteiger partial charge is 0.165 e. The number of hydrogen-bond donors (Lipinski definition) is 0. The number of para-hydroxylation sites is 1. The lowest BCUT2D eigenvalue weighted by Gasteiger charge is -2.41. The highest BCUT2D eigenvalue weighted by molar-refractivity contribution is 5.46. The van der Waals surface area contributed by atoms with E-state index < -0.39 is 0 Å². The number of hydrogen-bond acceptors (Lipinski definition) is 5. The number of methoxy groups -OCH3 is 2. The van der Waals surface area contributed by atoms with Crippen LogP contribution in [0.5, 0.6) is 11.5 Å². The van der Waals surface area contributed by atoms with Gasteiger partial charge in [-0.05, 0) is 56.7 Å². The van der Waals surface area contributed by atoms with E-state index in [1.807, 2.05) is 6.07 Å². The van der Waals surface area contributed by atoms with Crippen LogP contribution in [-0.2, 0) is 11.3 Å². The topological polar surface area (TPSA) is 34.2 Å². The third-order valence-corrected chi connectivity index (χ3v) is 6.79. The summed E-state index contributed by atoms with van der Waals surface area (Å²) in [7, 11) is 3.45. The van der Waals surface area contributed by atoms with Crippen LogP contribution in [0.15, 0.2) is 18.2 Å². The summed E-state index contributed by atoms with van der Waals surface area (Å²) < 4.78 is 16.7. The zero-order valence-corrected chi connectivity index (χ0v) is 16.9. The van der Waals surface area contributed by atoms with Gasteiger partial charge in [-0.15, -0.1) is 0 Å². The fraction of sp³-hybridized carbons (Fsp3) is 0.727. The quantitative estimate of drug-likeness (QED) is 0.791. The summed E-state index contributed by atoms with van der Waals surface area (Å²) in [4.78, 5) is 5.40. The molecule has 3 fully saturated rings. The number of piperidine rings is 1. The summed E-state index contributed by atoms with van der Waals surface area (Å²) in [5.41, 5.74) is 1.70. The lowest BCUT2D eigenvalue weighted by atomic mass is 9.79. The maximum absolute atomic E-state index is 5.65. The predicted octanol–water partition coefficient (Wildman–Crippen LogP) is 3.17. The lowest BCUT2D eigenvalue weighted by Crippen LogP contribution is -2.46. The second-order valence-corrected chi connectivity index (χ2v) is 8.53. The zero-order valence-electron chi connectivity index (χ0n) is 16.9. The molecular formula is C22H34N2O3. The number of likely N-dealkylation sites (tertiary alicyclic amines) is 2. The van der Waals surface area contributed by atoms with Crippen molar-refractivity contribution in [2.75, 3.05) is 53.6 Å². The summed E-state index contributed by atoms with van der Waals surface area (Å²) in [5.74, 6) is 1.71. The van der Waals surface area contributed by atoms with Gasteiger partial charge in [0.05, 0.1) is 14.2 Å². The normalized spacial score (nSPS) is 27.9. The molecule has 0 saturated carbocycles. The lowest BCUT2D eigenvalue weighted by molar-refractivity contribution is 0.0302. The van der Waals surface area contributed by atoms with Crippen molar-refractivity contribution >= 4 is 0 Å². The first-order valence-corrected chi connectivity index (χ1v) is 10.5. The SMILES string of the molecule is COc1cccc(CN2CCCC3(CCN(C4CCOCC4)C3)C2)c1OC. The summed E-state index contributed by atoms with van der Waals surface area (Å²) >= 11 is 0. The standard InChI is InChI=1S/C22H34N2O3/c1-25-20-6-3-5-18(21(20)26-2)15-23-11-4-9-22(16-23)10-12-24(17-22)19-7-13-27-14-8-19/h3,5-6,19H,4,7-17H2,1-2H3. The van der Waals surface area contributed by atoms with Gasteiger partial charge < -0.3 is 14.2 Å². The Balaban J connectivity index is 1.42. The van der Waals surface area contributed by atoms with Crippen LogP contribution in [0.1, 0.15) is 37.7 Å². The molecule has 3 heterocycles. The van der Waals surface area contributed by atoms with Crippen LogP contribution in [-0.4, -0.2) is 69.5 Å². The summed E-state index contributed by atoms with van der Waals surface area (Å²) in [6, 6.07) is 6.96. The van der Waals surface area contributed by atoms with Gasteiger partial charge in [-0.1, -0.05) is 12.1 Å². The van der Waals surface area contributed by atoms with E-state index in [9.17, 15) is 0 Å². The third-order valence-electron chi connectivity index (χ3n) is 6.79. The molecule has 1 atom stereocenters. The van der Waals surface area contributed by atoms with E-state index in [0.717, 1.165) is 37.3 Å². The average molecular weight is 375 g/mol. The molecule has 1 aromatic rings. The van der Waals surface area contributed by atoms with Crippen LogP contribution >= 0.6 is 0 Å². The minimum absolute atomic E-state index is 0.475. The molecule has 0 radical (unpaired) electrons. The van der Waals surface area contributed by atoms with Crippen molar-refractivity contribution in [3.8, 4) is 11.5 Å². The predicted molar refractivity (Wildman–Crippen MR) is 107 cm³/mol. The van der Waals surface area contributed by atoms with Gasteiger partial charge in [0.15, 0.2) is 11.5 Å².